The summed E-state index contributed by atoms with van der Waals surface area (Å²) in [5.41, 5.74) is 0.525. The van der Waals surface area contributed by atoms with Crippen LogP contribution < -0.4 is 5.32 Å². The molecule has 0 aliphatic heterocycles. The van der Waals surface area contributed by atoms with E-state index < -0.39 is 23.8 Å². The standard InChI is InChI=1S/C13H15NO5/c1-8(7-11(15)16)12(17)14-10-6-4-3-5-9(10)13(18)19-2/h3-6,8H,7H2,1-2H3,(H,14,17)(H,15,16). The maximum absolute atomic E-state index is 11.8. The fourth-order valence-corrected chi connectivity index (χ4v) is 1.49. The average Bonchev–Trinajstić information content (AvgIpc) is 2.37. The topological polar surface area (TPSA) is 92.7 Å². The van der Waals surface area contributed by atoms with Crippen molar-refractivity contribution in [1.82, 2.24) is 0 Å². The number of hydrogen-bond donors (Lipinski definition) is 2. The van der Waals surface area contributed by atoms with E-state index in [-0.39, 0.29) is 12.0 Å². The van der Waals surface area contributed by atoms with Gasteiger partial charge in [0.1, 0.15) is 0 Å². The number of rotatable bonds is 5. The molecule has 6 nitrogen and oxygen atoms in total. The summed E-state index contributed by atoms with van der Waals surface area (Å²) in [5, 5.41) is 11.2. The van der Waals surface area contributed by atoms with Crippen molar-refractivity contribution in [2.75, 3.05) is 12.4 Å². The third kappa shape index (κ3) is 4.09. The molecule has 19 heavy (non-hydrogen) atoms. The van der Waals surface area contributed by atoms with E-state index >= 15 is 0 Å². The number of anilines is 1. The number of carboxylic acid groups (broad SMARTS) is 1. The molecule has 1 amide bonds. The molecule has 1 aromatic carbocycles. The van der Waals surface area contributed by atoms with Crippen LogP contribution in [0, 0.1) is 5.92 Å². The van der Waals surface area contributed by atoms with Gasteiger partial charge in [-0.15, -0.1) is 0 Å². The summed E-state index contributed by atoms with van der Waals surface area (Å²) in [6, 6.07) is 6.37. The lowest BCUT2D eigenvalue weighted by molar-refractivity contribution is -0.139. The van der Waals surface area contributed by atoms with E-state index in [0.717, 1.165) is 0 Å². The molecule has 0 aromatic heterocycles. The molecule has 0 saturated heterocycles. The van der Waals surface area contributed by atoms with Crippen LogP contribution in [0.5, 0.6) is 0 Å². The van der Waals surface area contributed by atoms with Crippen LogP contribution in [-0.2, 0) is 14.3 Å². The molecule has 6 heteroatoms. The van der Waals surface area contributed by atoms with Crippen LogP contribution in [-0.4, -0.2) is 30.1 Å². The monoisotopic (exact) mass is 265 g/mol. The number of benzene rings is 1. The number of amides is 1. The minimum atomic E-state index is -1.05. The van der Waals surface area contributed by atoms with Gasteiger partial charge in [-0.2, -0.15) is 0 Å². The Bertz CT molecular complexity index is 498. The van der Waals surface area contributed by atoms with Crippen molar-refractivity contribution in [3.63, 3.8) is 0 Å². The zero-order valence-electron chi connectivity index (χ0n) is 10.7. The fourth-order valence-electron chi connectivity index (χ4n) is 1.49. The average molecular weight is 265 g/mol. The van der Waals surface area contributed by atoms with E-state index in [1.165, 1.54) is 20.1 Å². The van der Waals surface area contributed by atoms with Crippen molar-refractivity contribution in [2.24, 2.45) is 5.92 Å². The normalized spacial score (nSPS) is 11.5. The van der Waals surface area contributed by atoms with Gasteiger partial charge in [0.05, 0.1) is 24.8 Å². The molecule has 2 N–H and O–H groups in total. The Balaban J connectivity index is 2.85. The second-order valence-electron chi connectivity index (χ2n) is 4.03. The van der Waals surface area contributed by atoms with Gasteiger partial charge in [0.25, 0.3) is 0 Å². The van der Waals surface area contributed by atoms with Crippen molar-refractivity contribution in [3.8, 4) is 0 Å². The van der Waals surface area contributed by atoms with Crippen molar-refractivity contribution < 1.29 is 24.2 Å². The second-order valence-corrected chi connectivity index (χ2v) is 4.03. The summed E-state index contributed by atoms with van der Waals surface area (Å²) in [5.74, 6) is -2.77. The first-order chi connectivity index (χ1) is 8.95. The largest absolute Gasteiger partial charge is 0.481 e. The minimum Gasteiger partial charge on any atom is -0.481 e. The SMILES string of the molecule is COC(=O)c1ccccc1NC(=O)C(C)CC(=O)O. The van der Waals surface area contributed by atoms with Gasteiger partial charge in [0, 0.05) is 5.92 Å². The lowest BCUT2D eigenvalue weighted by Crippen LogP contribution is -2.23. The molecule has 0 heterocycles. The highest BCUT2D eigenvalue weighted by molar-refractivity contribution is 6.02. The first-order valence-electron chi connectivity index (χ1n) is 5.65. The maximum Gasteiger partial charge on any atom is 0.339 e. The summed E-state index contributed by atoms with van der Waals surface area (Å²) in [7, 11) is 1.24. The Hall–Kier alpha value is -2.37. The van der Waals surface area contributed by atoms with E-state index in [9.17, 15) is 14.4 Å². The molecule has 0 aliphatic carbocycles. The Morgan fingerprint density at radius 1 is 1.32 bits per heavy atom. The van der Waals surface area contributed by atoms with Crippen molar-refractivity contribution in [1.29, 1.82) is 0 Å². The quantitative estimate of drug-likeness (QED) is 0.787. The highest BCUT2D eigenvalue weighted by atomic mass is 16.5. The Labute approximate surface area is 110 Å². The van der Waals surface area contributed by atoms with Crippen LogP contribution in [0.1, 0.15) is 23.7 Å². The molecular weight excluding hydrogens is 250 g/mol. The minimum absolute atomic E-state index is 0.223. The smallest absolute Gasteiger partial charge is 0.339 e. The Morgan fingerprint density at radius 2 is 1.95 bits per heavy atom. The summed E-state index contributed by atoms with van der Waals surface area (Å²) in [4.78, 5) is 33.8. The number of para-hydroxylation sites is 1. The van der Waals surface area contributed by atoms with E-state index in [1.54, 1.807) is 18.2 Å². The van der Waals surface area contributed by atoms with Crippen LogP contribution in [0.2, 0.25) is 0 Å². The fraction of sp³-hybridized carbons (Fsp3) is 0.308. The lowest BCUT2D eigenvalue weighted by atomic mass is 10.1. The van der Waals surface area contributed by atoms with Crippen molar-refractivity contribution >= 4 is 23.5 Å². The number of carboxylic acids is 1. The van der Waals surface area contributed by atoms with Gasteiger partial charge in [-0.05, 0) is 12.1 Å². The number of esters is 1. The number of nitrogens with one attached hydrogen (secondary N) is 1. The zero-order valence-corrected chi connectivity index (χ0v) is 10.7. The highest BCUT2D eigenvalue weighted by Gasteiger charge is 2.19. The summed E-state index contributed by atoms with van der Waals surface area (Å²) >= 11 is 0. The van der Waals surface area contributed by atoms with Gasteiger partial charge in [-0.25, -0.2) is 4.79 Å². The van der Waals surface area contributed by atoms with E-state index in [0.29, 0.717) is 5.69 Å². The maximum atomic E-state index is 11.8. The molecule has 0 spiro atoms. The van der Waals surface area contributed by atoms with Crippen LogP contribution in [0.4, 0.5) is 5.69 Å². The number of ether oxygens (including phenoxy) is 1. The second kappa shape index (κ2) is 6.53. The van der Waals surface area contributed by atoms with Crippen molar-refractivity contribution in [2.45, 2.75) is 13.3 Å². The van der Waals surface area contributed by atoms with E-state index in [2.05, 4.69) is 10.1 Å². The molecule has 102 valence electrons. The third-order valence-electron chi connectivity index (χ3n) is 2.52. The number of hydrogen-bond acceptors (Lipinski definition) is 4. The van der Waals surface area contributed by atoms with Crippen molar-refractivity contribution in [3.05, 3.63) is 29.8 Å². The number of carbonyl (C=O) groups is 3. The Morgan fingerprint density at radius 3 is 2.53 bits per heavy atom. The van der Waals surface area contributed by atoms with Gasteiger partial charge in [0.15, 0.2) is 0 Å². The molecule has 0 bridgehead atoms. The van der Waals surface area contributed by atoms with E-state index in [1.807, 2.05) is 0 Å². The van der Waals surface area contributed by atoms with Crippen LogP contribution in [0.15, 0.2) is 24.3 Å². The molecule has 1 rings (SSSR count). The Kier molecular flexibility index (Phi) is 5.05. The van der Waals surface area contributed by atoms with Gasteiger partial charge in [0.2, 0.25) is 5.91 Å². The molecule has 0 fully saturated rings. The van der Waals surface area contributed by atoms with Gasteiger partial charge in [-0.1, -0.05) is 19.1 Å². The molecule has 1 unspecified atom stereocenters. The molecule has 0 saturated carbocycles. The number of aliphatic carboxylic acids is 1. The summed E-state index contributed by atoms with van der Waals surface area (Å²) in [6.07, 6.45) is -0.272. The first-order valence-corrected chi connectivity index (χ1v) is 5.65. The van der Waals surface area contributed by atoms with Crippen LogP contribution in [0.3, 0.4) is 0 Å². The van der Waals surface area contributed by atoms with Gasteiger partial charge in [-0.3, -0.25) is 9.59 Å². The molecule has 0 radical (unpaired) electrons. The van der Waals surface area contributed by atoms with E-state index in [4.69, 9.17) is 5.11 Å². The summed E-state index contributed by atoms with van der Waals surface area (Å²) < 4.78 is 4.60. The lowest BCUT2D eigenvalue weighted by Gasteiger charge is -2.12. The summed E-state index contributed by atoms with van der Waals surface area (Å²) in [6.45, 7) is 1.50. The molecule has 1 atom stereocenters. The third-order valence-corrected chi connectivity index (χ3v) is 2.52. The molecule has 0 aliphatic rings. The zero-order chi connectivity index (χ0) is 14.4. The van der Waals surface area contributed by atoms with Crippen LogP contribution in [0.25, 0.3) is 0 Å². The predicted octanol–water partition coefficient (Wildman–Crippen LogP) is 1.52. The highest BCUT2D eigenvalue weighted by Crippen LogP contribution is 2.17. The first kappa shape index (κ1) is 14.7. The van der Waals surface area contributed by atoms with Gasteiger partial charge < -0.3 is 15.2 Å². The number of methoxy groups -OCH3 is 1. The molecule has 1 aromatic rings. The predicted molar refractivity (Wildman–Crippen MR) is 67.8 cm³/mol. The number of carbonyl (C=O) groups excluding carboxylic acids is 2. The van der Waals surface area contributed by atoms with Crippen LogP contribution >= 0.6 is 0 Å². The van der Waals surface area contributed by atoms with Gasteiger partial charge >= 0.3 is 11.9 Å². The molecular formula is C13H15NO5.